The summed E-state index contributed by atoms with van der Waals surface area (Å²) in [5.74, 6) is -10.3. The maximum atomic E-state index is 13.1. The highest BCUT2D eigenvalue weighted by atomic mass is 35.8. The van der Waals surface area contributed by atoms with Crippen LogP contribution < -0.4 is 0 Å². The maximum Gasteiger partial charge on any atom is 0.365 e. The quantitative estimate of drug-likeness (QED) is 0.245. The zero-order chi connectivity index (χ0) is 13.4. The summed E-state index contributed by atoms with van der Waals surface area (Å²) in [4.78, 5) is 0. The number of rotatable bonds is 2. The van der Waals surface area contributed by atoms with Crippen molar-refractivity contribution in [1.29, 1.82) is 0 Å². The molecule has 0 saturated carbocycles. The molecule has 0 nitrogen and oxygen atoms in total. The highest BCUT2D eigenvalue weighted by Gasteiger charge is 2.26. The summed E-state index contributed by atoms with van der Waals surface area (Å²) in [6, 6.07) is -3.37. The molecule has 0 bridgehead atoms. The van der Waals surface area contributed by atoms with E-state index < -0.39 is 40.7 Å². The molecule has 0 amide bonds. The lowest BCUT2D eigenvalue weighted by Gasteiger charge is -2.05. The van der Waals surface area contributed by atoms with Crippen molar-refractivity contribution >= 4 is 45.3 Å². The zero-order valence-corrected chi connectivity index (χ0v) is 10.9. The first-order valence-corrected chi connectivity index (χ1v) is 9.04. The molecule has 0 saturated heterocycles. The minimum Gasteiger partial charge on any atom is -0.203 e. The van der Waals surface area contributed by atoms with Crippen molar-refractivity contribution in [2.24, 2.45) is 0 Å². The summed E-state index contributed by atoms with van der Waals surface area (Å²) in [6.07, 6.45) is 0.565. The van der Waals surface area contributed by atoms with Crippen LogP contribution in [0.25, 0.3) is 6.08 Å². The van der Waals surface area contributed by atoms with E-state index >= 15 is 0 Å². The van der Waals surface area contributed by atoms with Gasteiger partial charge >= 0.3 is 6.00 Å². The Kier molecular flexibility index (Phi) is 4.46. The molecule has 0 radical (unpaired) electrons. The van der Waals surface area contributed by atoms with Crippen LogP contribution in [0.5, 0.6) is 0 Å². The van der Waals surface area contributed by atoms with Crippen LogP contribution >= 0.6 is 33.2 Å². The average molecular weight is 328 g/mol. The first kappa shape index (κ1) is 14.8. The van der Waals surface area contributed by atoms with Crippen molar-refractivity contribution in [3.05, 3.63) is 40.3 Å². The molecule has 0 aliphatic heterocycles. The van der Waals surface area contributed by atoms with Crippen LogP contribution in [0.2, 0.25) is 0 Å². The molecule has 1 rings (SSSR count). The lowest BCUT2D eigenvalue weighted by molar-refractivity contribution is 0.377. The average Bonchev–Trinajstić information content (AvgIpc) is 2.22. The smallest absolute Gasteiger partial charge is 0.203 e. The van der Waals surface area contributed by atoms with E-state index in [1.807, 2.05) is 0 Å². The fraction of sp³-hybridized carbons (Fsp3) is 0. The minimum atomic E-state index is -3.37. The van der Waals surface area contributed by atoms with Crippen LogP contribution in [0.3, 0.4) is 0 Å². The van der Waals surface area contributed by atoms with Crippen molar-refractivity contribution in [1.82, 2.24) is 0 Å². The van der Waals surface area contributed by atoms with Crippen molar-refractivity contribution < 1.29 is 22.0 Å². The van der Waals surface area contributed by atoms with Crippen molar-refractivity contribution in [2.75, 3.05) is 0 Å². The van der Waals surface area contributed by atoms with Gasteiger partial charge in [-0.05, 0) is 0 Å². The second kappa shape index (κ2) is 5.13. The van der Waals surface area contributed by atoms with E-state index in [4.69, 9.17) is 33.2 Å². The largest absolute Gasteiger partial charge is 0.365 e. The molecule has 0 fully saturated rings. The molecule has 1 aromatic carbocycles. The molecule has 94 valence electrons. The van der Waals surface area contributed by atoms with Crippen LogP contribution in [0, 0.1) is 29.1 Å². The zero-order valence-electron chi connectivity index (χ0n) is 7.68. The van der Waals surface area contributed by atoms with E-state index in [1.165, 1.54) is 0 Å². The molecule has 0 heterocycles. The maximum absolute atomic E-state index is 13.1. The predicted octanol–water partition coefficient (Wildman–Crippen LogP) is 4.59. The Morgan fingerprint density at radius 2 is 1.06 bits per heavy atom. The third-order valence-corrected chi connectivity index (χ3v) is 3.36. The number of hydrogen-bond donors (Lipinski definition) is 0. The predicted molar refractivity (Wildman–Crippen MR) is 58.6 cm³/mol. The van der Waals surface area contributed by atoms with Gasteiger partial charge in [0.25, 0.3) is 0 Å². The Morgan fingerprint density at radius 3 is 1.41 bits per heavy atom. The van der Waals surface area contributed by atoms with Gasteiger partial charge in [-0.15, -0.1) is 33.2 Å². The normalized spacial score (nSPS) is 12.5. The number of halogens is 8. The Bertz CT molecular complexity index is 454. The van der Waals surface area contributed by atoms with Gasteiger partial charge in [0.2, 0.25) is 5.82 Å². The van der Waals surface area contributed by atoms with Gasteiger partial charge in [-0.25, -0.2) is 22.0 Å². The van der Waals surface area contributed by atoms with E-state index in [1.54, 1.807) is 0 Å². The Labute approximate surface area is 108 Å². The van der Waals surface area contributed by atoms with Gasteiger partial charge in [0, 0.05) is 0 Å². The van der Waals surface area contributed by atoms with Crippen LogP contribution in [-0.4, -0.2) is 6.00 Å². The molecule has 0 aliphatic rings. The van der Waals surface area contributed by atoms with E-state index in [9.17, 15) is 22.0 Å². The number of benzene rings is 1. The molecule has 0 aromatic heterocycles. The van der Waals surface area contributed by atoms with Crippen molar-refractivity contribution in [2.45, 2.75) is 0 Å². The molecule has 0 atom stereocenters. The monoisotopic (exact) mass is 326 g/mol. The van der Waals surface area contributed by atoms with Crippen LogP contribution in [0.1, 0.15) is 5.56 Å². The van der Waals surface area contributed by atoms with E-state index in [2.05, 4.69) is 0 Å². The topological polar surface area (TPSA) is 0 Å². The second-order valence-corrected chi connectivity index (χ2v) is 11.4. The number of hydrogen-bond acceptors (Lipinski definition) is 0. The molecule has 9 heteroatoms. The highest BCUT2D eigenvalue weighted by molar-refractivity contribution is 7.66. The summed E-state index contributed by atoms with van der Waals surface area (Å²) in [6.45, 7) is 0. The summed E-state index contributed by atoms with van der Waals surface area (Å²) in [5, 5.41) is 0. The molecule has 0 spiro atoms. The molecule has 0 N–H and O–H groups in total. The summed E-state index contributed by atoms with van der Waals surface area (Å²) < 4.78 is 64.3. The van der Waals surface area contributed by atoms with E-state index in [-0.39, 0.29) is 0 Å². The molecular weight excluding hydrogens is 326 g/mol. The lowest BCUT2D eigenvalue weighted by atomic mass is 10.1. The van der Waals surface area contributed by atoms with Gasteiger partial charge in [0.1, 0.15) is 0 Å². The third kappa shape index (κ3) is 3.34. The van der Waals surface area contributed by atoms with Gasteiger partial charge < -0.3 is 0 Å². The lowest BCUT2D eigenvalue weighted by Crippen LogP contribution is -2.06. The molecule has 17 heavy (non-hydrogen) atoms. The highest BCUT2D eigenvalue weighted by Crippen LogP contribution is 2.27. The molecule has 0 aliphatic carbocycles. The standard InChI is InChI=1S/C8H2Cl3F5Si/c9-17(10,11)2-1-3-4(12)6(14)8(16)7(15)5(3)13/h1-2H. The van der Waals surface area contributed by atoms with Crippen molar-refractivity contribution in [3.63, 3.8) is 0 Å². The van der Waals surface area contributed by atoms with Gasteiger partial charge in [-0.1, -0.05) is 11.8 Å². The Hall–Kier alpha value is -0.303. The fourth-order valence-electron chi connectivity index (χ4n) is 0.946. The SMILES string of the molecule is Fc1c(F)c(F)c(C=C[Si](Cl)(Cl)Cl)c(F)c1F. The second-order valence-electron chi connectivity index (χ2n) is 2.86. The molecule has 1 aromatic rings. The first-order valence-electron chi connectivity index (χ1n) is 3.92. The minimum absolute atomic E-state index is 0.565. The van der Waals surface area contributed by atoms with Gasteiger partial charge in [-0.3, -0.25) is 0 Å². The van der Waals surface area contributed by atoms with E-state index in [0.717, 1.165) is 5.70 Å². The van der Waals surface area contributed by atoms with Crippen LogP contribution in [0.4, 0.5) is 22.0 Å². The van der Waals surface area contributed by atoms with Gasteiger partial charge in [0.05, 0.1) is 5.56 Å². The summed E-state index contributed by atoms with van der Waals surface area (Å²) >= 11 is 16.1. The molecule has 0 unspecified atom stereocenters. The van der Waals surface area contributed by atoms with E-state index in [0.29, 0.717) is 6.08 Å². The Morgan fingerprint density at radius 1 is 0.706 bits per heavy atom. The van der Waals surface area contributed by atoms with Crippen LogP contribution in [0.15, 0.2) is 5.70 Å². The Balaban J connectivity index is 3.40. The first-order chi connectivity index (χ1) is 7.65. The fourth-order valence-corrected chi connectivity index (χ4v) is 1.87. The summed E-state index contributed by atoms with van der Waals surface area (Å²) in [7, 11) is 0. The molecular formula is C8H2Cl3F5Si. The summed E-state index contributed by atoms with van der Waals surface area (Å²) in [5.41, 5.74) is -0.337. The van der Waals surface area contributed by atoms with Crippen LogP contribution in [-0.2, 0) is 0 Å². The third-order valence-electron chi connectivity index (χ3n) is 1.68. The van der Waals surface area contributed by atoms with Gasteiger partial charge in [-0.2, -0.15) is 0 Å². The van der Waals surface area contributed by atoms with Crippen molar-refractivity contribution in [3.8, 4) is 0 Å². The van der Waals surface area contributed by atoms with Gasteiger partial charge in [0.15, 0.2) is 23.3 Å².